The van der Waals surface area contributed by atoms with Gasteiger partial charge in [0, 0.05) is 42.6 Å². The molecule has 1 unspecified atom stereocenters. The topological polar surface area (TPSA) is 41.6 Å². The van der Waals surface area contributed by atoms with Crippen LogP contribution in [0.1, 0.15) is 38.5 Å². The van der Waals surface area contributed by atoms with Crippen LogP contribution in [-0.2, 0) is 9.53 Å². The van der Waals surface area contributed by atoms with E-state index in [0.29, 0.717) is 23.7 Å². The van der Waals surface area contributed by atoms with Gasteiger partial charge in [0.15, 0.2) is 0 Å². The quantitative estimate of drug-likeness (QED) is 0.841. The zero-order valence-corrected chi connectivity index (χ0v) is 13.1. The van der Waals surface area contributed by atoms with Crippen molar-refractivity contribution in [2.75, 3.05) is 38.6 Å². The number of morpholine rings is 1. The van der Waals surface area contributed by atoms with E-state index in [1.54, 1.807) is 0 Å². The molecule has 1 N–H and O–H groups in total. The Bertz CT molecular complexity index is 333. The van der Waals surface area contributed by atoms with Crippen LogP contribution in [0.4, 0.5) is 0 Å². The van der Waals surface area contributed by atoms with E-state index in [-0.39, 0.29) is 6.04 Å². The molecule has 2 saturated heterocycles. The molecule has 0 aromatic rings. The molecule has 1 atom stereocenters. The summed E-state index contributed by atoms with van der Waals surface area (Å²) in [5.74, 6) is 1.43. The zero-order valence-electron chi connectivity index (χ0n) is 12.2. The van der Waals surface area contributed by atoms with Gasteiger partial charge in [-0.15, -0.1) is 0 Å². The summed E-state index contributed by atoms with van der Waals surface area (Å²) in [6.07, 6.45) is 7.25. The summed E-state index contributed by atoms with van der Waals surface area (Å²) in [5.41, 5.74) is 0. The van der Waals surface area contributed by atoms with Crippen LogP contribution in [0, 0.1) is 0 Å². The maximum atomic E-state index is 12.5. The Kier molecular flexibility index (Phi) is 4.89. The number of carbonyl (C=O) groups excluding carboxylic acids is 1. The van der Waals surface area contributed by atoms with Crippen LogP contribution in [0.5, 0.6) is 0 Å². The standard InChI is InChI=1S/C15H26N2O2S/c18-14(10-13-11-19-8-6-16-13)17-7-9-20-15(12-17)4-2-1-3-5-15/h13,16H,1-12H2. The monoisotopic (exact) mass is 298 g/mol. The lowest BCUT2D eigenvalue weighted by atomic mass is 9.87. The molecule has 3 aliphatic rings. The Hall–Kier alpha value is -0.260. The molecule has 0 aromatic heterocycles. The predicted molar refractivity (Wildman–Crippen MR) is 82.1 cm³/mol. The predicted octanol–water partition coefficient (Wildman–Crippen LogP) is 1.64. The first-order chi connectivity index (χ1) is 9.77. The maximum absolute atomic E-state index is 12.5. The summed E-state index contributed by atoms with van der Waals surface area (Å²) in [6.45, 7) is 4.23. The van der Waals surface area contributed by atoms with Crippen molar-refractivity contribution < 1.29 is 9.53 Å². The van der Waals surface area contributed by atoms with E-state index in [4.69, 9.17) is 4.74 Å². The van der Waals surface area contributed by atoms with Crippen LogP contribution in [0.2, 0.25) is 0 Å². The molecule has 3 rings (SSSR count). The van der Waals surface area contributed by atoms with Crippen molar-refractivity contribution in [3.63, 3.8) is 0 Å². The highest BCUT2D eigenvalue weighted by Crippen LogP contribution is 2.42. The average Bonchev–Trinajstić information content (AvgIpc) is 2.49. The van der Waals surface area contributed by atoms with Crippen molar-refractivity contribution in [2.24, 2.45) is 0 Å². The Morgan fingerprint density at radius 2 is 2.20 bits per heavy atom. The molecule has 2 aliphatic heterocycles. The summed E-state index contributed by atoms with van der Waals surface area (Å²) >= 11 is 2.12. The number of rotatable bonds is 2. The molecule has 1 spiro atoms. The lowest BCUT2D eigenvalue weighted by molar-refractivity contribution is -0.133. The van der Waals surface area contributed by atoms with Crippen LogP contribution in [0.15, 0.2) is 0 Å². The SMILES string of the molecule is O=C(CC1COCCN1)N1CCSC2(CCCCC2)C1. The van der Waals surface area contributed by atoms with Gasteiger partial charge in [0.05, 0.1) is 13.2 Å². The number of nitrogens with zero attached hydrogens (tertiary/aromatic N) is 1. The minimum atomic E-state index is 0.216. The van der Waals surface area contributed by atoms with Gasteiger partial charge in [-0.25, -0.2) is 0 Å². The molecule has 3 fully saturated rings. The maximum Gasteiger partial charge on any atom is 0.224 e. The molecular weight excluding hydrogens is 272 g/mol. The van der Waals surface area contributed by atoms with Crippen molar-refractivity contribution in [2.45, 2.75) is 49.3 Å². The first-order valence-electron chi connectivity index (χ1n) is 8.00. The highest BCUT2D eigenvalue weighted by molar-refractivity contribution is 8.00. The highest BCUT2D eigenvalue weighted by atomic mass is 32.2. The molecule has 114 valence electrons. The fourth-order valence-corrected chi connectivity index (χ4v) is 5.22. The van der Waals surface area contributed by atoms with E-state index in [1.165, 1.54) is 32.1 Å². The second-order valence-corrected chi connectivity index (χ2v) is 7.90. The van der Waals surface area contributed by atoms with Gasteiger partial charge in [0.2, 0.25) is 5.91 Å². The summed E-state index contributed by atoms with van der Waals surface area (Å²) in [6, 6.07) is 0.216. The molecule has 1 amide bonds. The van der Waals surface area contributed by atoms with Crippen molar-refractivity contribution in [3.05, 3.63) is 0 Å². The average molecular weight is 298 g/mol. The Morgan fingerprint density at radius 3 is 2.95 bits per heavy atom. The number of hydrogen-bond donors (Lipinski definition) is 1. The van der Waals surface area contributed by atoms with Crippen molar-refractivity contribution >= 4 is 17.7 Å². The van der Waals surface area contributed by atoms with Crippen molar-refractivity contribution in [1.29, 1.82) is 0 Å². The van der Waals surface area contributed by atoms with Gasteiger partial charge in [-0.1, -0.05) is 19.3 Å². The van der Waals surface area contributed by atoms with Gasteiger partial charge in [0.25, 0.3) is 0 Å². The molecular formula is C15H26N2O2S. The second kappa shape index (κ2) is 6.67. The molecule has 1 saturated carbocycles. The van der Waals surface area contributed by atoms with Gasteiger partial charge in [-0.05, 0) is 12.8 Å². The second-order valence-electron chi connectivity index (χ2n) is 6.34. The van der Waals surface area contributed by atoms with Gasteiger partial charge in [0.1, 0.15) is 0 Å². The summed E-state index contributed by atoms with van der Waals surface area (Å²) in [7, 11) is 0. The number of carbonyl (C=O) groups is 1. The van der Waals surface area contributed by atoms with Gasteiger partial charge in [-0.3, -0.25) is 4.79 Å². The number of amides is 1. The summed E-state index contributed by atoms with van der Waals surface area (Å²) in [4.78, 5) is 14.6. The Morgan fingerprint density at radius 1 is 1.35 bits per heavy atom. The summed E-state index contributed by atoms with van der Waals surface area (Å²) in [5, 5.41) is 3.38. The van der Waals surface area contributed by atoms with Crippen molar-refractivity contribution in [1.82, 2.24) is 10.2 Å². The van der Waals surface area contributed by atoms with E-state index in [1.807, 2.05) is 0 Å². The summed E-state index contributed by atoms with van der Waals surface area (Å²) < 4.78 is 5.82. The van der Waals surface area contributed by atoms with Crippen LogP contribution in [0.3, 0.4) is 0 Å². The normalized spacial score (nSPS) is 30.4. The van der Waals surface area contributed by atoms with E-state index in [0.717, 1.165) is 32.0 Å². The molecule has 0 radical (unpaired) electrons. The van der Waals surface area contributed by atoms with E-state index in [9.17, 15) is 4.79 Å². The van der Waals surface area contributed by atoms with Crippen LogP contribution < -0.4 is 5.32 Å². The van der Waals surface area contributed by atoms with E-state index < -0.39 is 0 Å². The molecule has 4 nitrogen and oxygen atoms in total. The highest BCUT2D eigenvalue weighted by Gasteiger charge is 2.38. The Labute approximate surface area is 126 Å². The van der Waals surface area contributed by atoms with Crippen LogP contribution >= 0.6 is 11.8 Å². The van der Waals surface area contributed by atoms with Gasteiger partial charge in [-0.2, -0.15) is 11.8 Å². The molecule has 1 aliphatic carbocycles. The lowest BCUT2D eigenvalue weighted by Crippen LogP contribution is -2.52. The smallest absolute Gasteiger partial charge is 0.224 e. The van der Waals surface area contributed by atoms with Crippen molar-refractivity contribution in [3.8, 4) is 0 Å². The third kappa shape index (κ3) is 3.49. The molecule has 0 bridgehead atoms. The minimum absolute atomic E-state index is 0.216. The van der Waals surface area contributed by atoms with Crippen LogP contribution in [-0.4, -0.2) is 60.2 Å². The molecule has 0 aromatic carbocycles. The fraction of sp³-hybridized carbons (Fsp3) is 0.933. The van der Waals surface area contributed by atoms with Crippen LogP contribution in [0.25, 0.3) is 0 Å². The number of hydrogen-bond acceptors (Lipinski definition) is 4. The number of ether oxygens (including phenoxy) is 1. The lowest BCUT2D eigenvalue weighted by Gasteiger charge is -2.45. The molecule has 20 heavy (non-hydrogen) atoms. The van der Waals surface area contributed by atoms with Gasteiger partial charge < -0.3 is 15.0 Å². The number of thioether (sulfide) groups is 1. The largest absolute Gasteiger partial charge is 0.378 e. The Balaban J connectivity index is 1.54. The third-order valence-corrected chi connectivity index (χ3v) is 6.32. The molecule has 5 heteroatoms. The third-order valence-electron chi connectivity index (χ3n) is 4.79. The zero-order chi connectivity index (χ0) is 13.8. The fourth-order valence-electron chi connectivity index (χ4n) is 3.65. The van der Waals surface area contributed by atoms with Gasteiger partial charge >= 0.3 is 0 Å². The molecule has 2 heterocycles. The van der Waals surface area contributed by atoms with E-state index >= 15 is 0 Å². The minimum Gasteiger partial charge on any atom is -0.378 e. The first-order valence-corrected chi connectivity index (χ1v) is 8.99. The first kappa shape index (κ1) is 14.7. The number of nitrogens with one attached hydrogen (secondary N) is 1. The van der Waals surface area contributed by atoms with E-state index in [2.05, 4.69) is 22.0 Å².